The Balaban J connectivity index is 0.000000254. The Bertz CT molecular complexity index is 1010. The van der Waals surface area contributed by atoms with Gasteiger partial charge in [-0.25, -0.2) is 0 Å². The molecule has 6 nitrogen and oxygen atoms in total. The van der Waals surface area contributed by atoms with Crippen molar-refractivity contribution in [1.82, 2.24) is 0 Å². The lowest BCUT2D eigenvalue weighted by molar-refractivity contribution is 0.111. The molecule has 0 aliphatic rings. The number of carbonyl (C=O) groups is 2. The molecule has 0 amide bonds. The molecule has 0 atom stereocenters. The summed E-state index contributed by atoms with van der Waals surface area (Å²) in [7, 11) is 0. The first-order valence-electron chi connectivity index (χ1n) is 9.61. The van der Waals surface area contributed by atoms with Crippen LogP contribution in [0, 0.1) is 0 Å². The molecule has 0 fully saturated rings. The highest BCUT2D eigenvalue weighted by Crippen LogP contribution is 2.21. The molecule has 4 aromatic carbocycles. The Morgan fingerprint density at radius 3 is 1.00 bits per heavy atom. The SMILES string of the molecule is C.Nc1ccc(-c2ccc(N)cc2)cc1.O=Cc1ccc(O)cc1.O=Cc1ccc(O)cc1. The molecule has 0 radical (unpaired) electrons. The van der Waals surface area contributed by atoms with Crippen molar-refractivity contribution in [3.63, 3.8) is 0 Å². The van der Waals surface area contributed by atoms with Crippen LogP contribution in [-0.4, -0.2) is 22.8 Å². The molecule has 0 aliphatic carbocycles. The molecule has 6 N–H and O–H groups in total. The van der Waals surface area contributed by atoms with Gasteiger partial charge in [0, 0.05) is 22.5 Å². The third kappa shape index (κ3) is 9.40. The lowest BCUT2D eigenvalue weighted by Crippen LogP contribution is -1.85. The van der Waals surface area contributed by atoms with Gasteiger partial charge in [0.1, 0.15) is 24.1 Å². The van der Waals surface area contributed by atoms with Crippen LogP contribution < -0.4 is 11.5 Å². The molecular formula is C27H28N2O4. The van der Waals surface area contributed by atoms with Crippen molar-refractivity contribution in [2.24, 2.45) is 0 Å². The lowest BCUT2D eigenvalue weighted by atomic mass is 10.1. The van der Waals surface area contributed by atoms with Crippen molar-refractivity contribution >= 4 is 23.9 Å². The number of rotatable bonds is 3. The monoisotopic (exact) mass is 444 g/mol. The van der Waals surface area contributed by atoms with E-state index in [-0.39, 0.29) is 18.9 Å². The highest BCUT2D eigenvalue weighted by Gasteiger charge is 1.96. The smallest absolute Gasteiger partial charge is 0.150 e. The third-order valence-corrected chi connectivity index (χ3v) is 4.21. The van der Waals surface area contributed by atoms with E-state index in [1.54, 1.807) is 24.3 Å². The second-order valence-corrected chi connectivity index (χ2v) is 6.66. The molecule has 170 valence electrons. The molecule has 0 saturated heterocycles. The van der Waals surface area contributed by atoms with Gasteiger partial charge in [0.25, 0.3) is 0 Å². The molecule has 33 heavy (non-hydrogen) atoms. The van der Waals surface area contributed by atoms with Gasteiger partial charge in [0.05, 0.1) is 0 Å². The molecule has 0 heterocycles. The van der Waals surface area contributed by atoms with Gasteiger partial charge in [-0.15, -0.1) is 0 Å². The molecule has 0 aliphatic heterocycles. The van der Waals surface area contributed by atoms with Gasteiger partial charge in [-0.05, 0) is 83.9 Å². The number of phenols is 2. The number of nitrogen functional groups attached to an aromatic ring is 2. The first-order chi connectivity index (χ1) is 15.4. The quantitative estimate of drug-likeness (QED) is 0.242. The minimum absolute atomic E-state index is 0. The van der Waals surface area contributed by atoms with Crippen LogP contribution in [0.4, 0.5) is 11.4 Å². The summed E-state index contributed by atoms with van der Waals surface area (Å²) in [6, 6.07) is 27.7. The Kier molecular flexibility index (Phi) is 11.0. The summed E-state index contributed by atoms with van der Waals surface area (Å²) < 4.78 is 0. The lowest BCUT2D eigenvalue weighted by Gasteiger charge is -2.02. The summed E-state index contributed by atoms with van der Waals surface area (Å²) in [6.45, 7) is 0. The van der Waals surface area contributed by atoms with Crippen molar-refractivity contribution in [2.45, 2.75) is 7.43 Å². The van der Waals surface area contributed by atoms with Crippen molar-refractivity contribution in [1.29, 1.82) is 0 Å². The Morgan fingerprint density at radius 1 is 0.485 bits per heavy atom. The number of phenolic OH excluding ortho intramolecular Hbond substituents is 2. The molecule has 0 unspecified atom stereocenters. The summed E-state index contributed by atoms with van der Waals surface area (Å²) in [5.41, 5.74) is 16.2. The molecule has 0 saturated carbocycles. The molecule has 4 aromatic rings. The fraction of sp³-hybridized carbons (Fsp3) is 0.0370. The maximum Gasteiger partial charge on any atom is 0.150 e. The van der Waals surface area contributed by atoms with E-state index in [9.17, 15) is 9.59 Å². The van der Waals surface area contributed by atoms with Gasteiger partial charge >= 0.3 is 0 Å². The molecule has 6 heteroatoms. The largest absolute Gasteiger partial charge is 0.508 e. The van der Waals surface area contributed by atoms with E-state index in [0.717, 1.165) is 35.1 Å². The molecule has 0 bridgehead atoms. The van der Waals surface area contributed by atoms with Crippen LogP contribution in [-0.2, 0) is 0 Å². The molecule has 0 spiro atoms. The Hall–Kier alpha value is -4.58. The standard InChI is InChI=1S/C12H12N2.2C7H6O2.CH4/c13-11-5-1-9(2-6-11)10-3-7-12(14)8-4-10;2*8-5-6-1-3-7(9)4-2-6;/h1-8H,13-14H2;2*1-5,9H;1H4. The average Bonchev–Trinajstić information content (AvgIpc) is 2.82. The summed E-state index contributed by atoms with van der Waals surface area (Å²) in [6.07, 6.45) is 1.47. The molecule has 4 rings (SSSR count). The minimum atomic E-state index is 0. The van der Waals surface area contributed by atoms with E-state index in [4.69, 9.17) is 21.7 Å². The van der Waals surface area contributed by atoms with Crippen molar-refractivity contribution < 1.29 is 19.8 Å². The van der Waals surface area contributed by atoms with Crippen LogP contribution in [0.2, 0.25) is 0 Å². The maximum atomic E-state index is 10.0. The van der Waals surface area contributed by atoms with Gasteiger partial charge < -0.3 is 21.7 Å². The first kappa shape index (κ1) is 26.5. The van der Waals surface area contributed by atoms with E-state index in [0.29, 0.717) is 11.1 Å². The first-order valence-corrected chi connectivity index (χ1v) is 9.61. The fourth-order valence-electron chi connectivity index (χ4n) is 2.46. The van der Waals surface area contributed by atoms with E-state index in [1.165, 1.54) is 24.3 Å². The number of aldehydes is 2. The van der Waals surface area contributed by atoms with Crippen LogP contribution >= 0.6 is 0 Å². The number of hydrogen-bond donors (Lipinski definition) is 4. The normalized spacial score (nSPS) is 9.09. The van der Waals surface area contributed by atoms with E-state index < -0.39 is 0 Å². The average molecular weight is 445 g/mol. The van der Waals surface area contributed by atoms with Gasteiger partial charge in [-0.1, -0.05) is 31.7 Å². The topological polar surface area (TPSA) is 127 Å². The number of carbonyl (C=O) groups excluding carboxylic acids is 2. The zero-order chi connectivity index (χ0) is 23.3. The summed E-state index contributed by atoms with van der Waals surface area (Å²) >= 11 is 0. The third-order valence-electron chi connectivity index (χ3n) is 4.21. The number of hydrogen-bond acceptors (Lipinski definition) is 6. The molecule has 0 aromatic heterocycles. The predicted octanol–water partition coefficient (Wildman–Crippen LogP) is 5.56. The Morgan fingerprint density at radius 2 is 0.758 bits per heavy atom. The van der Waals surface area contributed by atoms with E-state index in [1.807, 2.05) is 48.5 Å². The minimum Gasteiger partial charge on any atom is -0.508 e. The highest BCUT2D eigenvalue weighted by atomic mass is 16.3. The molecular weight excluding hydrogens is 416 g/mol. The van der Waals surface area contributed by atoms with E-state index in [2.05, 4.69) is 0 Å². The predicted molar refractivity (Wildman–Crippen MR) is 134 cm³/mol. The number of nitrogens with two attached hydrogens (primary N) is 2. The number of anilines is 2. The van der Waals surface area contributed by atoms with Gasteiger partial charge in [-0.2, -0.15) is 0 Å². The maximum absolute atomic E-state index is 10.0. The van der Waals surface area contributed by atoms with Crippen LogP contribution in [0.1, 0.15) is 28.1 Å². The van der Waals surface area contributed by atoms with Crippen molar-refractivity contribution in [3.8, 4) is 22.6 Å². The summed E-state index contributed by atoms with van der Waals surface area (Å²) in [4.78, 5) is 20.1. The Labute approximate surface area is 193 Å². The fourth-order valence-corrected chi connectivity index (χ4v) is 2.46. The number of aromatic hydroxyl groups is 2. The van der Waals surface area contributed by atoms with Gasteiger partial charge in [0.2, 0.25) is 0 Å². The zero-order valence-electron chi connectivity index (χ0n) is 17.3. The zero-order valence-corrected chi connectivity index (χ0v) is 17.3. The second-order valence-electron chi connectivity index (χ2n) is 6.66. The van der Waals surface area contributed by atoms with Gasteiger partial charge in [-0.3, -0.25) is 9.59 Å². The van der Waals surface area contributed by atoms with E-state index >= 15 is 0 Å². The second kappa shape index (κ2) is 13.7. The van der Waals surface area contributed by atoms with Gasteiger partial charge in [0.15, 0.2) is 0 Å². The van der Waals surface area contributed by atoms with Crippen molar-refractivity contribution in [3.05, 3.63) is 108 Å². The highest BCUT2D eigenvalue weighted by molar-refractivity contribution is 5.75. The number of benzene rings is 4. The van der Waals surface area contributed by atoms with Crippen LogP contribution in [0.3, 0.4) is 0 Å². The summed E-state index contributed by atoms with van der Waals surface area (Å²) in [5.74, 6) is 0.362. The summed E-state index contributed by atoms with van der Waals surface area (Å²) in [5, 5.41) is 17.5. The van der Waals surface area contributed by atoms with Crippen molar-refractivity contribution in [2.75, 3.05) is 11.5 Å². The van der Waals surface area contributed by atoms with Crippen LogP contribution in [0.25, 0.3) is 11.1 Å². The van der Waals surface area contributed by atoms with Crippen LogP contribution in [0.15, 0.2) is 97.1 Å². The van der Waals surface area contributed by atoms with Crippen LogP contribution in [0.5, 0.6) is 11.5 Å².